The Morgan fingerprint density at radius 3 is 1.98 bits per heavy atom. The van der Waals surface area contributed by atoms with Gasteiger partial charge < -0.3 is 8.83 Å². The molecular weight excluding hydrogens is 641 g/mol. The van der Waals surface area contributed by atoms with Gasteiger partial charge in [-0.3, -0.25) is 4.98 Å². The molecule has 0 aliphatic heterocycles. The van der Waals surface area contributed by atoms with Crippen molar-refractivity contribution < 1.29 is 8.83 Å². The van der Waals surface area contributed by atoms with Gasteiger partial charge in [0.2, 0.25) is 0 Å². The average Bonchev–Trinajstić information content (AvgIpc) is 3.80. The first-order valence-corrected chi connectivity index (χ1v) is 17.2. The highest BCUT2D eigenvalue weighted by atomic mass is 16.3. The van der Waals surface area contributed by atoms with E-state index in [0.29, 0.717) is 17.5 Å². The predicted octanol–water partition coefficient (Wildman–Crippen LogP) is 12.0. The Balaban J connectivity index is 1.10. The molecule has 7 aromatic carbocycles. The summed E-state index contributed by atoms with van der Waals surface area (Å²) in [5, 5.41) is 8.51. The van der Waals surface area contributed by atoms with Crippen LogP contribution in [0.2, 0.25) is 0 Å². The van der Waals surface area contributed by atoms with Crippen LogP contribution in [0.15, 0.2) is 167 Å². The third-order valence-corrected chi connectivity index (χ3v) is 10.0. The lowest BCUT2D eigenvalue weighted by atomic mass is 9.93. The van der Waals surface area contributed by atoms with Gasteiger partial charge in [0.1, 0.15) is 22.3 Å². The molecule has 0 atom stereocenters. The molecule has 0 bridgehead atoms. The van der Waals surface area contributed by atoms with Crippen molar-refractivity contribution in [2.24, 2.45) is 0 Å². The van der Waals surface area contributed by atoms with Crippen LogP contribution < -0.4 is 0 Å². The first-order chi connectivity index (χ1) is 25.8. The summed E-state index contributed by atoms with van der Waals surface area (Å²) >= 11 is 0. The van der Waals surface area contributed by atoms with Gasteiger partial charge >= 0.3 is 0 Å². The van der Waals surface area contributed by atoms with E-state index in [9.17, 15) is 0 Å². The molecule has 0 saturated carbocycles. The number of hydrogen-bond acceptors (Lipinski definition) is 6. The molecule has 0 amide bonds. The van der Waals surface area contributed by atoms with Gasteiger partial charge in [-0.15, -0.1) is 0 Å². The molecular formula is C46H26N4O2. The number of para-hydroxylation sites is 1. The van der Waals surface area contributed by atoms with Gasteiger partial charge in [0.05, 0.1) is 0 Å². The highest BCUT2D eigenvalue weighted by Gasteiger charge is 2.19. The molecule has 0 fully saturated rings. The molecule has 4 heterocycles. The Bertz CT molecular complexity index is 3200. The third-order valence-electron chi connectivity index (χ3n) is 10.0. The van der Waals surface area contributed by atoms with E-state index in [2.05, 4.69) is 77.8 Å². The topological polar surface area (TPSA) is 77.8 Å². The Hall–Kier alpha value is -7.18. The monoisotopic (exact) mass is 666 g/mol. The second-order valence-corrected chi connectivity index (χ2v) is 13.0. The standard InChI is InChI=1S/C46H26N4O2/c1-2-9-28(10-3-1)44-48-45(50-46(49-44)36-15-8-17-39-42(36)34-12-4-5-16-38(34)51-39)30-20-21-31-29(25-30)11-6-13-32(31)33-14-7-18-40-41(33)35-22-19-27-23-24-47-26-37(27)43(35)52-40/h1-26H. The molecule has 6 heteroatoms. The maximum atomic E-state index is 6.49. The van der Waals surface area contributed by atoms with Crippen molar-refractivity contribution >= 4 is 65.4 Å². The number of benzene rings is 7. The van der Waals surface area contributed by atoms with E-state index in [0.717, 1.165) is 93.2 Å². The fourth-order valence-corrected chi connectivity index (χ4v) is 7.63. The van der Waals surface area contributed by atoms with Crippen LogP contribution >= 0.6 is 0 Å². The zero-order valence-corrected chi connectivity index (χ0v) is 27.6. The quantitative estimate of drug-likeness (QED) is 0.186. The van der Waals surface area contributed by atoms with Crippen molar-refractivity contribution in [3.8, 4) is 45.3 Å². The second-order valence-electron chi connectivity index (χ2n) is 13.0. The molecule has 0 saturated heterocycles. The van der Waals surface area contributed by atoms with Crippen molar-refractivity contribution in [2.75, 3.05) is 0 Å². The normalized spacial score (nSPS) is 11.8. The van der Waals surface area contributed by atoms with E-state index >= 15 is 0 Å². The number of fused-ring (bicyclic) bond motifs is 9. The van der Waals surface area contributed by atoms with Gasteiger partial charge in [0, 0.05) is 56.0 Å². The number of aromatic nitrogens is 4. The number of hydrogen-bond donors (Lipinski definition) is 0. The molecule has 0 radical (unpaired) electrons. The van der Waals surface area contributed by atoms with E-state index in [1.807, 2.05) is 85.2 Å². The van der Waals surface area contributed by atoms with Gasteiger partial charge in [-0.2, -0.15) is 0 Å². The number of furan rings is 2. The zero-order valence-electron chi connectivity index (χ0n) is 27.6. The molecule has 0 unspecified atom stereocenters. The van der Waals surface area contributed by atoms with E-state index in [1.165, 1.54) is 0 Å². The first kappa shape index (κ1) is 28.6. The molecule has 0 aliphatic carbocycles. The van der Waals surface area contributed by atoms with Crippen molar-refractivity contribution in [2.45, 2.75) is 0 Å². The summed E-state index contributed by atoms with van der Waals surface area (Å²) in [6.07, 6.45) is 3.70. The first-order valence-electron chi connectivity index (χ1n) is 17.2. The van der Waals surface area contributed by atoms with Crippen LogP contribution in [0, 0.1) is 0 Å². The summed E-state index contributed by atoms with van der Waals surface area (Å²) in [6.45, 7) is 0. The van der Waals surface area contributed by atoms with Crippen LogP contribution in [0.4, 0.5) is 0 Å². The van der Waals surface area contributed by atoms with Crippen molar-refractivity contribution in [3.63, 3.8) is 0 Å². The molecule has 4 aromatic heterocycles. The fourth-order valence-electron chi connectivity index (χ4n) is 7.63. The van der Waals surface area contributed by atoms with Gasteiger partial charge in [0.15, 0.2) is 17.5 Å². The number of nitrogens with zero attached hydrogens (tertiary/aromatic N) is 4. The molecule has 6 nitrogen and oxygen atoms in total. The minimum Gasteiger partial charge on any atom is -0.456 e. The summed E-state index contributed by atoms with van der Waals surface area (Å²) in [6, 6.07) is 49.7. The molecule has 11 aromatic rings. The Kier molecular flexibility index (Phi) is 6.15. The van der Waals surface area contributed by atoms with Crippen LogP contribution in [0.25, 0.3) is 111 Å². The SMILES string of the molecule is c1ccc(-c2nc(-c3ccc4c(-c5cccc6oc7c8cnccc8ccc7c56)cccc4c3)nc(-c3cccc4oc5ccccc5c34)n2)cc1. The Labute approximate surface area is 296 Å². The van der Waals surface area contributed by atoms with Crippen LogP contribution in [-0.2, 0) is 0 Å². The molecule has 0 spiro atoms. The maximum Gasteiger partial charge on any atom is 0.164 e. The van der Waals surface area contributed by atoms with E-state index in [4.69, 9.17) is 23.8 Å². The summed E-state index contributed by atoms with van der Waals surface area (Å²) in [5.74, 6) is 1.81. The van der Waals surface area contributed by atoms with E-state index in [1.54, 1.807) is 0 Å². The Morgan fingerprint density at radius 1 is 0.385 bits per heavy atom. The minimum absolute atomic E-state index is 0.594. The molecule has 242 valence electrons. The van der Waals surface area contributed by atoms with E-state index in [-0.39, 0.29) is 0 Å². The minimum atomic E-state index is 0.594. The van der Waals surface area contributed by atoms with Gasteiger partial charge in [-0.05, 0) is 63.7 Å². The van der Waals surface area contributed by atoms with Crippen molar-refractivity contribution in [1.82, 2.24) is 19.9 Å². The van der Waals surface area contributed by atoms with Gasteiger partial charge in [0.25, 0.3) is 0 Å². The molecule has 11 rings (SSSR count). The fraction of sp³-hybridized carbons (Fsp3) is 0. The van der Waals surface area contributed by atoms with Crippen LogP contribution in [0.1, 0.15) is 0 Å². The maximum absolute atomic E-state index is 6.49. The number of rotatable bonds is 4. The summed E-state index contributed by atoms with van der Waals surface area (Å²) in [4.78, 5) is 19.6. The van der Waals surface area contributed by atoms with Gasteiger partial charge in [-0.25, -0.2) is 15.0 Å². The van der Waals surface area contributed by atoms with Crippen molar-refractivity contribution in [3.05, 3.63) is 158 Å². The smallest absolute Gasteiger partial charge is 0.164 e. The summed E-state index contributed by atoms with van der Waals surface area (Å²) < 4.78 is 12.7. The number of pyridine rings is 1. The van der Waals surface area contributed by atoms with Gasteiger partial charge in [-0.1, -0.05) is 109 Å². The summed E-state index contributed by atoms with van der Waals surface area (Å²) in [7, 11) is 0. The molecule has 0 aliphatic rings. The third kappa shape index (κ3) is 4.38. The largest absolute Gasteiger partial charge is 0.456 e. The predicted molar refractivity (Wildman–Crippen MR) is 209 cm³/mol. The average molecular weight is 667 g/mol. The van der Waals surface area contributed by atoms with Crippen LogP contribution in [-0.4, -0.2) is 19.9 Å². The lowest BCUT2D eigenvalue weighted by Crippen LogP contribution is -2.00. The van der Waals surface area contributed by atoms with E-state index < -0.39 is 0 Å². The highest BCUT2D eigenvalue weighted by molar-refractivity contribution is 6.20. The Morgan fingerprint density at radius 2 is 1.08 bits per heavy atom. The molecule has 0 N–H and O–H groups in total. The zero-order chi connectivity index (χ0) is 34.2. The second kappa shape index (κ2) is 11.2. The van der Waals surface area contributed by atoms with Crippen molar-refractivity contribution in [1.29, 1.82) is 0 Å². The summed E-state index contributed by atoms with van der Waals surface area (Å²) in [5.41, 5.74) is 8.30. The van der Waals surface area contributed by atoms with Crippen LogP contribution in [0.3, 0.4) is 0 Å². The lowest BCUT2D eigenvalue weighted by Gasteiger charge is -2.12. The lowest BCUT2D eigenvalue weighted by molar-refractivity contribution is 0.669. The highest BCUT2D eigenvalue weighted by Crippen LogP contribution is 2.42. The van der Waals surface area contributed by atoms with Crippen LogP contribution in [0.5, 0.6) is 0 Å². The molecule has 52 heavy (non-hydrogen) atoms.